The molecule has 1 aliphatic rings. The first-order valence-electron chi connectivity index (χ1n) is 11.7. The van der Waals surface area contributed by atoms with Crippen LogP contribution in [0.2, 0.25) is 0 Å². The Morgan fingerprint density at radius 3 is 2.49 bits per heavy atom. The third kappa shape index (κ3) is 4.84. The number of aromatic nitrogens is 1. The molecule has 4 aromatic rings. The fourth-order valence-corrected chi connectivity index (χ4v) is 4.32. The van der Waals surface area contributed by atoms with Gasteiger partial charge < -0.3 is 24.3 Å². The highest BCUT2D eigenvalue weighted by atomic mass is 16.6. The summed E-state index contributed by atoms with van der Waals surface area (Å²) in [5.41, 5.74) is 3.32. The Morgan fingerprint density at radius 2 is 1.69 bits per heavy atom. The summed E-state index contributed by atoms with van der Waals surface area (Å²) in [7, 11) is 0. The SMILES string of the molecule is CCN(CC(=O)Nc1ccc2c(c1)OCCO2)C(=O)c1cn(Cc2ccccc2)c2ccccc12. The maximum atomic E-state index is 13.5. The van der Waals surface area contributed by atoms with Crippen LogP contribution in [-0.2, 0) is 11.3 Å². The van der Waals surface area contributed by atoms with Gasteiger partial charge in [0.2, 0.25) is 5.91 Å². The summed E-state index contributed by atoms with van der Waals surface area (Å²) in [5.74, 6) is 0.813. The largest absolute Gasteiger partial charge is 0.486 e. The quantitative estimate of drug-likeness (QED) is 0.431. The highest BCUT2D eigenvalue weighted by molar-refractivity contribution is 6.08. The molecule has 2 heterocycles. The lowest BCUT2D eigenvalue weighted by Gasteiger charge is -2.21. The molecule has 0 aliphatic carbocycles. The van der Waals surface area contributed by atoms with Crippen molar-refractivity contribution in [3.8, 4) is 11.5 Å². The summed E-state index contributed by atoms with van der Waals surface area (Å²) < 4.78 is 13.2. The molecule has 0 saturated carbocycles. The third-order valence-electron chi connectivity index (χ3n) is 6.04. The molecule has 0 fully saturated rings. The normalized spacial score (nSPS) is 12.4. The van der Waals surface area contributed by atoms with Crippen molar-refractivity contribution in [3.05, 3.63) is 90.1 Å². The van der Waals surface area contributed by atoms with Gasteiger partial charge in [0, 0.05) is 41.9 Å². The highest BCUT2D eigenvalue weighted by Crippen LogP contribution is 2.32. The molecule has 35 heavy (non-hydrogen) atoms. The van der Waals surface area contributed by atoms with E-state index in [9.17, 15) is 9.59 Å². The summed E-state index contributed by atoms with van der Waals surface area (Å²) >= 11 is 0. The Hall–Kier alpha value is -4.26. The average molecular weight is 470 g/mol. The second kappa shape index (κ2) is 9.93. The molecule has 7 heteroatoms. The molecule has 3 aromatic carbocycles. The summed E-state index contributed by atoms with van der Waals surface area (Å²) in [6, 6.07) is 23.3. The topological polar surface area (TPSA) is 72.8 Å². The second-order valence-electron chi connectivity index (χ2n) is 8.40. The molecule has 7 nitrogen and oxygen atoms in total. The van der Waals surface area contributed by atoms with E-state index in [0.29, 0.717) is 49.1 Å². The van der Waals surface area contributed by atoms with Gasteiger partial charge in [0.05, 0.1) is 5.56 Å². The van der Waals surface area contributed by atoms with Crippen LogP contribution in [0.4, 0.5) is 5.69 Å². The lowest BCUT2D eigenvalue weighted by molar-refractivity contribution is -0.116. The third-order valence-corrected chi connectivity index (χ3v) is 6.04. The molecule has 0 bridgehead atoms. The number of benzene rings is 3. The predicted octanol–water partition coefficient (Wildman–Crippen LogP) is 4.56. The minimum absolute atomic E-state index is 0.0536. The lowest BCUT2D eigenvalue weighted by Crippen LogP contribution is -2.37. The predicted molar refractivity (Wildman–Crippen MR) is 135 cm³/mol. The number of nitrogens with zero attached hydrogens (tertiary/aromatic N) is 2. The zero-order valence-corrected chi connectivity index (χ0v) is 19.6. The van der Waals surface area contributed by atoms with Crippen molar-refractivity contribution in [2.24, 2.45) is 0 Å². The van der Waals surface area contributed by atoms with E-state index in [4.69, 9.17) is 9.47 Å². The minimum Gasteiger partial charge on any atom is -0.486 e. The van der Waals surface area contributed by atoms with Gasteiger partial charge >= 0.3 is 0 Å². The van der Waals surface area contributed by atoms with Crippen molar-refractivity contribution in [1.29, 1.82) is 0 Å². The van der Waals surface area contributed by atoms with Crippen LogP contribution in [0.25, 0.3) is 10.9 Å². The molecule has 1 aromatic heterocycles. The van der Waals surface area contributed by atoms with Crippen LogP contribution in [0.5, 0.6) is 11.5 Å². The monoisotopic (exact) mass is 469 g/mol. The number of likely N-dealkylation sites (N-methyl/N-ethyl adjacent to an activating group) is 1. The van der Waals surface area contributed by atoms with Crippen LogP contribution >= 0.6 is 0 Å². The molecule has 5 rings (SSSR count). The number of carbonyl (C=O) groups excluding carboxylic acids is 2. The average Bonchev–Trinajstić information content (AvgIpc) is 3.25. The van der Waals surface area contributed by atoms with Gasteiger partial charge in [0.25, 0.3) is 5.91 Å². The zero-order chi connectivity index (χ0) is 24.2. The van der Waals surface area contributed by atoms with Gasteiger partial charge in [-0.3, -0.25) is 9.59 Å². The number of para-hydroxylation sites is 1. The highest BCUT2D eigenvalue weighted by Gasteiger charge is 2.22. The Kier molecular flexibility index (Phi) is 6.39. The van der Waals surface area contributed by atoms with E-state index in [-0.39, 0.29) is 18.4 Å². The van der Waals surface area contributed by atoms with Crippen molar-refractivity contribution in [3.63, 3.8) is 0 Å². The number of ether oxygens (including phenoxy) is 2. The molecule has 0 atom stereocenters. The summed E-state index contributed by atoms with van der Waals surface area (Å²) in [6.45, 7) is 3.87. The van der Waals surface area contributed by atoms with E-state index in [0.717, 1.165) is 16.5 Å². The van der Waals surface area contributed by atoms with Crippen LogP contribution in [0.15, 0.2) is 79.0 Å². The Labute approximate surface area is 203 Å². The van der Waals surface area contributed by atoms with Gasteiger partial charge in [-0.1, -0.05) is 48.5 Å². The molecule has 2 amide bonds. The first kappa shape index (κ1) is 22.5. The van der Waals surface area contributed by atoms with Gasteiger partial charge in [0.15, 0.2) is 11.5 Å². The van der Waals surface area contributed by atoms with Crippen LogP contribution in [0.1, 0.15) is 22.8 Å². The van der Waals surface area contributed by atoms with Gasteiger partial charge in [-0.15, -0.1) is 0 Å². The number of hydrogen-bond donors (Lipinski definition) is 1. The van der Waals surface area contributed by atoms with E-state index in [1.54, 1.807) is 23.1 Å². The molecule has 1 N–H and O–H groups in total. The minimum atomic E-state index is -0.273. The molecule has 0 saturated heterocycles. The number of nitrogens with one attached hydrogen (secondary N) is 1. The fraction of sp³-hybridized carbons (Fsp3) is 0.214. The van der Waals surface area contributed by atoms with Crippen molar-refractivity contribution in [2.45, 2.75) is 13.5 Å². The maximum absolute atomic E-state index is 13.5. The van der Waals surface area contributed by atoms with E-state index >= 15 is 0 Å². The van der Waals surface area contributed by atoms with E-state index < -0.39 is 0 Å². The summed E-state index contributed by atoms with van der Waals surface area (Å²) in [4.78, 5) is 27.9. The standard InChI is InChI=1S/C28H27N3O4/c1-2-30(19-27(32)29-21-12-13-25-26(16-21)35-15-14-34-25)28(33)23-18-31(17-20-8-4-3-5-9-20)24-11-7-6-10-22(23)24/h3-13,16,18H,2,14-15,17,19H2,1H3,(H,29,32). The smallest absolute Gasteiger partial charge is 0.256 e. The molecule has 178 valence electrons. The molecule has 0 radical (unpaired) electrons. The fourth-order valence-electron chi connectivity index (χ4n) is 4.32. The van der Waals surface area contributed by atoms with Crippen LogP contribution in [-0.4, -0.2) is 47.6 Å². The number of rotatable bonds is 7. The maximum Gasteiger partial charge on any atom is 0.256 e. The molecule has 0 unspecified atom stereocenters. The van der Waals surface area contributed by atoms with Crippen molar-refractivity contribution in [2.75, 3.05) is 31.6 Å². The number of hydrogen-bond acceptors (Lipinski definition) is 4. The van der Waals surface area contributed by atoms with Gasteiger partial charge in [0.1, 0.15) is 19.8 Å². The van der Waals surface area contributed by atoms with Crippen LogP contribution in [0.3, 0.4) is 0 Å². The number of carbonyl (C=O) groups is 2. The molecule has 0 spiro atoms. The zero-order valence-electron chi connectivity index (χ0n) is 19.6. The van der Waals surface area contributed by atoms with E-state index in [2.05, 4.69) is 22.0 Å². The van der Waals surface area contributed by atoms with Crippen LogP contribution < -0.4 is 14.8 Å². The van der Waals surface area contributed by atoms with Crippen molar-refractivity contribution in [1.82, 2.24) is 9.47 Å². The molecular formula is C28H27N3O4. The van der Waals surface area contributed by atoms with Gasteiger partial charge in [-0.05, 0) is 30.7 Å². The number of anilines is 1. The molecule has 1 aliphatic heterocycles. The van der Waals surface area contributed by atoms with Gasteiger partial charge in [-0.25, -0.2) is 0 Å². The second-order valence-corrected chi connectivity index (χ2v) is 8.40. The first-order valence-corrected chi connectivity index (χ1v) is 11.7. The Bertz CT molecular complexity index is 1360. The van der Waals surface area contributed by atoms with E-state index in [1.165, 1.54) is 0 Å². The first-order chi connectivity index (χ1) is 17.1. The van der Waals surface area contributed by atoms with Crippen molar-refractivity contribution < 1.29 is 19.1 Å². The number of amides is 2. The molecular weight excluding hydrogens is 442 g/mol. The number of fused-ring (bicyclic) bond motifs is 2. The van der Waals surface area contributed by atoms with E-state index in [1.807, 2.05) is 55.6 Å². The Balaban J connectivity index is 1.34. The van der Waals surface area contributed by atoms with Gasteiger partial charge in [-0.2, -0.15) is 0 Å². The summed E-state index contributed by atoms with van der Waals surface area (Å²) in [5, 5.41) is 3.74. The van der Waals surface area contributed by atoms with Crippen molar-refractivity contribution >= 4 is 28.4 Å². The Morgan fingerprint density at radius 1 is 0.943 bits per heavy atom. The van der Waals surface area contributed by atoms with Crippen LogP contribution in [0, 0.1) is 0 Å². The summed E-state index contributed by atoms with van der Waals surface area (Å²) in [6.07, 6.45) is 1.89. The lowest BCUT2D eigenvalue weighted by atomic mass is 10.1.